The third kappa shape index (κ3) is 7.44. The van der Waals surface area contributed by atoms with Gasteiger partial charge in [-0.25, -0.2) is 9.78 Å². The second kappa shape index (κ2) is 13.6. The van der Waals surface area contributed by atoms with Crippen LogP contribution in [0.3, 0.4) is 0 Å². The highest BCUT2D eigenvalue weighted by atomic mass is 16.5. The molecule has 1 aromatic carbocycles. The van der Waals surface area contributed by atoms with Gasteiger partial charge in [0.1, 0.15) is 11.6 Å². The van der Waals surface area contributed by atoms with Crippen molar-refractivity contribution >= 4 is 35.1 Å². The van der Waals surface area contributed by atoms with Gasteiger partial charge in [0.25, 0.3) is 0 Å². The Labute approximate surface area is 241 Å². The topological polar surface area (TPSA) is 124 Å². The number of carbonyl (C=O) groups excluding carboxylic acids is 2. The maximum atomic E-state index is 12.9. The van der Waals surface area contributed by atoms with E-state index in [2.05, 4.69) is 48.4 Å². The molecular formula is C29H40N8O4. The number of aromatic nitrogens is 2. The van der Waals surface area contributed by atoms with Crippen LogP contribution in [0.15, 0.2) is 43.1 Å². The molecule has 0 bridgehead atoms. The van der Waals surface area contributed by atoms with Crippen LogP contribution in [0.4, 0.5) is 27.9 Å². The Hall–Kier alpha value is -3.90. The fraction of sp³-hybridized carbons (Fsp3) is 0.517. The summed E-state index contributed by atoms with van der Waals surface area (Å²) >= 11 is 0. The van der Waals surface area contributed by atoms with E-state index in [1.54, 1.807) is 24.3 Å². The molecule has 12 heteroatoms. The summed E-state index contributed by atoms with van der Waals surface area (Å²) in [6, 6.07) is 8.00. The minimum Gasteiger partial charge on any atom is -0.494 e. The molecule has 4 heterocycles. The number of rotatable bonds is 8. The monoisotopic (exact) mass is 564 g/mol. The quantitative estimate of drug-likeness (QED) is 0.415. The molecule has 0 aliphatic carbocycles. The van der Waals surface area contributed by atoms with Crippen molar-refractivity contribution < 1.29 is 19.1 Å². The summed E-state index contributed by atoms with van der Waals surface area (Å²) in [4.78, 5) is 40.0. The molecule has 41 heavy (non-hydrogen) atoms. The van der Waals surface area contributed by atoms with E-state index in [0.717, 1.165) is 76.5 Å². The number of methoxy groups -OCH3 is 1. The molecule has 12 nitrogen and oxygen atoms in total. The zero-order valence-electron chi connectivity index (χ0n) is 23.7. The van der Waals surface area contributed by atoms with E-state index in [9.17, 15) is 9.59 Å². The highest BCUT2D eigenvalue weighted by molar-refractivity contribution is 5.89. The average Bonchev–Trinajstić information content (AvgIpc) is 3.02. The maximum Gasteiger partial charge on any atom is 0.323 e. The summed E-state index contributed by atoms with van der Waals surface area (Å²) in [7, 11) is 1.65. The number of urea groups is 1. The molecule has 3 N–H and O–H groups in total. The predicted molar refractivity (Wildman–Crippen MR) is 158 cm³/mol. The Bertz CT molecular complexity index is 1210. The van der Waals surface area contributed by atoms with Gasteiger partial charge in [-0.15, -0.1) is 0 Å². The second-order valence-electron chi connectivity index (χ2n) is 10.6. The van der Waals surface area contributed by atoms with E-state index in [-0.39, 0.29) is 18.0 Å². The van der Waals surface area contributed by atoms with E-state index in [1.807, 2.05) is 12.1 Å². The zero-order chi connectivity index (χ0) is 28.6. The molecule has 5 rings (SSSR count). The van der Waals surface area contributed by atoms with Crippen LogP contribution in [-0.4, -0.2) is 103 Å². The van der Waals surface area contributed by atoms with Gasteiger partial charge in [0.2, 0.25) is 11.9 Å². The van der Waals surface area contributed by atoms with Crippen LogP contribution in [0, 0.1) is 0 Å². The SMILES string of the molecule is C=CC(=O)NC1CCCN(C(=O)Nc2ccnc(Nc3ccc(N4CCC(N5CCOCC5)CC4)cc3OC)n2)C1. The predicted octanol–water partition coefficient (Wildman–Crippen LogP) is 2.83. The summed E-state index contributed by atoms with van der Waals surface area (Å²) in [5.74, 6) is 1.18. The lowest BCUT2D eigenvalue weighted by Gasteiger charge is -2.40. The molecule has 3 aliphatic rings. The molecule has 3 fully saturated rings. The molecule has 3 amide bonds. The van der Waals surface area contributed by atoms with Crippen LogP contribution in [-0.2, 0) is 9.53 Å². The van der Waals surface area contributed by atoms with Gasteiger partial charge < -0.3 is 29.9 Å². The summed E-state index contributed by atoms with van der Waals surface area (Å²) < 4.78 is 11.2. The summed E-state index contributed by atoms with van der Waals surface area (Å²) in [5, 5.41) is 8.94. The Kier molecular flexibility index (Phi) is 9.52. The van der Waals surface area contributed by atoms with Crippen LogP contribution >= 0.6 is 0 Å². The molecule has 3 saturated heterocycles. The first-order valence-corrected chi connectivity index (χ1v) is 14.4. The third-order valence-electron chi connectivity index (χ3n) is 7.95. The average molecular weight is 565 g/mol. The number of likely N-dealkylation sites (tertiary alicyclic amines) is 1. The Balaban J connectivity index is 1.17. The summed E-state index contributed by atoms with van der Waals surface area (Å²) in [5.41, 5.74) is 1.86. The van der Waals surface area contributed by atoms with Gasteiger partial charge in [0.15, 0.2) is 0 Å². The summed E-state index contributed by atoms with van der Waals surface area (Å²) in [6.07, 6.45) is 6.72. The van der Waals surface area contributed by atoms with Gasteiger partial charge in [-0.05, 0) is 50.0 Å². The largest absolute Gasteiger partial charge is 0.494 e. The van der Waals surface area contributed by atoms with Crippen LogP contribution in [0.25, 0.3) is 0 Å². The van der Waals surface area contributed by atoms with Crippen molar-refractivity contribution in [2.75, 3.05) is 75.1 Å². The normalized spacial score (nSPS) is 20.3. The van der Waals surface area contributed by atoms with Crippen LogP contribution in [0.1, 0.15) is 25.7 Å². The lowest BCUT2D eigenvalue weighted by molar-refractivity contribution is -0.117. The number of amides is 3. The van der Waals surface area contributed by atoms with E-state index < -0.39 is 0 Å². The van der Waals surface area contributed by atoms with Crippen molar-refractivity contribution in [3.05, 3.63) is 43.1 Å². The van der Waals surface area contributed by atoms with Crippen LogP contribution in [0.5, 0.6) is 5.75 Å². The van der Waals surface area contributed by atoms with Gasteiger partial charge in [0.05, 0.1) is 26.0 Å². The first kappa shape index (κ1) is 28.6. The number of ether oxygens (including phenoxy) is 2. The molecule has 220 valence electrons. The van der Waals surface area contributed by atoms with E-state index in [1.165, 1.54) is 6.08 Å². The first-order valence-electron chi connectivity index (χ1n) is 14.4. The van der Waals surface area contributed by atoms with Gasteiger partial charge in [-0.2, -0.15) is 4.98 Å². The van der Waals surface area contributed by atoms with Gasteiger partial charge in [-0.1, -0.05) is 6.58 Å². The van der Waals surface area contributed by atoms with Gasteiger partial charge in [0, 0.05) is 69.3 Å². The van der Waals surface area contributed by atoms with Crippen molar-refractivity contribution in [2.24, 2.45) is 0 Å². The van der Waals surface area contributed by atoms with Crippen molar-refractivity contribution in [1.82, 2.24) is 25.1 Å². The molecule has 0 spiro atoms. The number of hydrogen-bond donors (Lipinski definition) is 3. The van der Waals surface area contributed by atoms with Crippen molar-refractivity contribution in [1.29, 1.82) is 0 Å². The number of carbonyl (C=O) groups is 2. The Morgan fingerprint density at radius 2 is 1.90 bits per heavy atom. The number of nitrogens with one attached hydrogen (secondary N) is 3. The number of hydrogen-bond acceptors (Lipinski definition) is 9. The van der Waals surface area contributed by atoms with Gasteiger partial charge >= 0.3 is 6.03 Å². The fourth-order valence-corrected chi connectivity index (χ4v) is 5.75. The van der Waals surface area contributed by atoms with Crippen LogP contribution < -0.4 is 25.6 Å². The first-order chi connectivity index (χ1) is 20.0. The molecule has 0 radical (unpaired) electrons. The summed E-state index contributed by atoms with van der Waals surface area (Å²) in [6.45, 7) is 10.3. The molecule has 3 aliphatic heterocycles. The number of morpholine rings is 1. The Morgan fingerprint density at radius 3 is 2.66 bits per heavy atom. The standard InChI is InChI=1S/C29H40N8O4/c1-3-27(38)31-21-5-4-12-37(20-21)29(39)34-26-8-11-30-28(33-26)32-24-7-6-23(19-25(24)40-2)35-13-9-22(10-14-35)36-15-17-41-18-16-36/h3,6-8,11,19,21-22H,1,4-5,9-10,12-18,20H2,2H3,(H,31,38)(H2,30,32,33,34,39). The molecule has 1 unspecified atom stereocenters. The minimum absolute atomic E-state index is 0.103. The molecular weight excluding hydrogens is 524 g/mol. The number of benzene rings is 1. The van der Waals surface area contributed by atoms with Crippen molar-refractivity contribution in [3.63, 3.8) is 0 Å². The fourth-order valence-electron chi connectivity index (χ4n) is 5.75. The lowest BCUT2D eigenvalue weighted by atomic mass is 10.0. The molecule has 0 saturated carbocycles. The highest BCUT2D eigenvalue weighted by Crippen LogP contribution is 2.33. The second-order valence-corrected chi connectivity index (χ2v) is 10.6. The number of nitrogens with zero attached hydrogens (tertiary/aromatic N) is 5. The molecule has 1 atom stereocenters. The van der Waals surface area contributed by atoms with Gasteiger partial charge in [-0.3, -0.25) is 15.0 Å². The smallest absolute Gasteiger partial charge is 0.323 e. The van der Waals surface area contributed by atoms with Crippen molar-refractivity contribution in [2.45, 2.75) is 37.8 Å². The zero-order valence-corrected chi connectivity index (χ0v) is 23.7. The number of anilines is 4. The van der Waals surface area contributed by atoms with Crippen LogP contribution in [0.2, 0.25) is 0 Å². The third-order valence-corrected chi connectivity index (χ3v) is 7.95. The molecule has 1 aromatic heterocycles. The lowest BCUT2D eigenvalue weighted by Crippen LogP contribution is -2.50. The maximum absolute atomic E-state index is 12.9. The Morgan fingerprint density at radius 1 is 1.10 bits per heavy atom. The highest BCUT2D eigenvalue weighted by Gasteiger charge is 2.27. The van der Waals surface area contributed by atoms with E-state index >= 15 is 0 Å². The van der Waals surface area contributed by atoms with Crippen molar-refractivity contribution in [3.8, 4) is 5.75 Å². The molecule has 2 aromatic rings. The van der Waals surface area contributed by atoms with E-state index in [0.29, 0.717) is 36.6 Å². The number of piperidine rings is 2. The minimum atomic E-state index is -0.272. The van der Waals surface area contributed by atoms with E-state index in [4.69, 9.17) is 9.47 Å².